The molecule has 6 heteroatoms. The number of hydrogen-bond donors (Lipinski definition) is 1. The Morgan fingerprint density at radius 1 is 1.13 bits per heavy atom. The van der Waals surface area contributed by atoms with Gasteiger partial charge in [0, 0.05) is 32.4 Å². The van der Waals surface area contributed by atoms with Crippen molar-refractivity contribution in [2.45, 2.75) is 37.8 Å². The van der Waals surface area contributed by atoms with Gasteiger partial charge in [-0.25, -0.2) is 0 Å². The van der Waals surface area contributed by atoms with Crippen LogP contribution in [0.3, 0.4) is 0 Å². The van der Waals surface area contributed by atoms with Gasteiger partial charge in [0.1, 0.15) is 5.75 Å². The standard InChI is InChI=1S/C24H28N2O4/c1-4-22(29)26-21(13-27)23(24(26)14-25(15-24)16(2)28)18-10-8-17(9-11-18)19-6-5-7-20(12-19)30-3/h5-12,21,23,27H,4,13-15H2,1-3H3/t21-,23-/m1/s1. The maximum absolute atomic E-state index is 12.6. The predicted octanol–water partition coefficient (Wildman–Crippen LogP) is 2.66. The van der Waals surface area contributed by atoms with E-state index in [2.05, 4.69) is 24.3 Å². The Balaban J connectivity index is 1.64. The first-order valence-electron chi connectivity index (χ1n) is 10.4. The molecular weight excluding hydrogens is 380 g/mol. The van der Waals surface area contributed by atoms with Gasteiger partial charge < -0.3 is 19.6 Å². The first kappa shape index (κ1) is 20.4. The predicted molar refractivity (Wildman–Crippen MR) is 114 cm³/mol. The minimum absolute atomic E-state index is 0.00737. The molecule has 4 rings (SSSR count). The van der Waals surface area contributed by atoms with Gasteiger partial charge in [0.25, 0.3) is 0 Å². The van der Waals surface area contributed by atoms with E-state index in [-0.39, 0.29) is 30.4 Å². The Morgan fingerprint density at radius 2 is 1.83 bits per heavy atom. The van der Waals surface area contributed by atoms with Crippen molar-refractivity contribution < 1.29 is 19.4 Å². The van der Waals surface area contributed by atoms with Gasteiger partial charge in [0.05, 0.1) is 25.3 Å². The molecule has 2 fully saturated rings. The van der Waals surface area contributed by atoms with Crippen molar-refractivity contribution in [2.24, 2.45) is 0 Å². The number of methoxy groups -OCH3 is 1. The second kappa shape index (κ2) is 7.76. The van der Waals surface area contributed by atoms with Gasteiger partial charge in [-0.3, -0.25) is 9.59 Å². The van der Waals surface area contributed by atoms with Crippen molar-refractivity contribution in [1.29, 1.82) is 0 Å². The number of carbonyl (C=O) groups excluding carboxylic acids is 2. The summed E-state index contributed by atoms with van der Waals surface area (Å²) in [6, 6.07) is 15.9. The van der Waals surface area contributed by atoms with Gasteiger partial charge in [-0.15, -0.1) is 0 Å². The van der Waals surface area contributed by atoms with Gasteiger partial charge in [0.2, 0.25) is 11.8 Å². The molecule has 0 saturated carbocycles. The van der Waals surface area contributed by atoms with Crippen LogP contribution in [0, 0.1) is 0 Å². The molecule has 158 valence electrons. The maximum Gasteiger partial charge on any atom is 0.223 e. The lowest BCUT2D eigenvalue weighted by Crippen LogP contribution is -2.85. The fourth-order valence-electron chi connectivity index (χ4n) is 5.10. The molecule has 2 amide bonds. The Bertz CT molecular complexity index is 950. The molecule has 2 atom stereocenters. The van der Waals surface area contributed by atoms with Gasteiger partial charge in [-0.05, 0) is 28.8 Å². The molecule has 2 saturated heterocycles. The van der Waals surface area contributed by atoms with Crippen molar-refractivity contribution in [2.75, 3.05) is 26.8 Å². The third kappa shape index (κ3) is 3.06. The van der Waals surface area contributed by atoms with E-state index in [0.29, 0.717) is 19.5 Å². The normalized spacial score (nSPS) is 21.7. The van der Waals surface area contributed by atoms with Gasteiger partial charge >= 0.3 is 0 Å². The highest BCUT2D eigenvalue weighted by molar-refractivity contribution is 5.82. The van der Waals surface area contributed by atoms with E-state index in [1.807, 2.05) is 36.1 Å². The highest BCUT2D eigenvalue weighted by Gasteiger charge is 2.67. The summed E-state index contributed by atoms with van der Waals surface area (Å²) in [5, 5.41) is 10.1. The number of ether oxygens (including phenoxy) is 1. The van der Waals surface area contributed by atoms with Crippen molar-refractivity contribution in [1.82, 2.24) is 9.80 Å². The topological polar surface area (TPSA) is 70.1 Å². The SMILES string of the molecule is CCC(=O)N1[C@H](CO)[C@@H](c2ccc(-c3cccc(OC)c3)cc2)C12CN(C(C)=O)C2. The largest absolute Gasteiger partial charge is 0.497 e. The summed E-state index contributed by atoms with van der Waals surface area (Å²) in [6.07, 6.45) is 0.389. The van der Waals surface area contributed by atoms with Crippen LogP contribution in [0.25, 0.3) is 11.1 Å². The molecule has 0 unspecified atom stereocenters. The first-order chi connectivity index (χ1) is 14.4. The van der Waals surface area contributed by atoms with E-state index in [1.165, 1.54) is 0 Å². The molecule has 1 spiro atoms. The second-order valence-electron chi connectivity index (χ2n) is 8.18. The highest BCUT2D eigenvalue weighted by Crippen LogP contribution is 2.54. The third-order valence-corrected chi connectivity index (χ3v) is 6.58. The monoisotopic (exact) mass is 408 g/mol. The average molecular weight is 408 g/mol. The summed E-state index contributed by atoms with van der Waals surface area (Å²) in [5.74, 6) is 0.862. The van der Waals surface area contributed by atoms with E-state index in [9.17, 15) is 14.7 Å². The molecule has 0 bridgehead atoms. The Labute approximate surface area is 177 Å². The third-order valence-electron chi connectivity index (χ3n) is 6.58. The molecule has 2 heterocycles. The summed E-state index contributed by atoms with van der Waals surface area (Å²) >= 11 is 0. The minimum atomic E-state index is -0.413. The van der Waals surface area contributed by atoms with E-state index in [4.69, 9.17) is 4.74 Å². The van der Waals surface area contributed by atoms with Crippen LogP contribution in [0.5, 0.6) is 5.75 Å². The number of nitrogens with zero attached hydrogens (tertiary/aromatic N) is 2. The van der Waals surface area contributed by atoms with Crippen molar-refractivity contribution >= 4 is 11.8 Å². The molecular formula is C24H28N2O4. The van der Waals surface area contributed by atoms with Crippen LogP contribution in [0.2, 0.25) is 0 Å². The summed E-state index contributed by atoms with van der Waals surface area (Å²) in [6.45, 7) is 4.34. The number of aliphatic hydroxyl groups excluding tert-OH is 1. The molecule has 30 heavy (non-hydrogen) atoms. The quantitative estimate of drug-likeness (QED) is 0.826. The molecule has 0 aromatic heterocycles. The smallest absolute Gasteiger partial charge is 0.223 e. The second-order valence-corrected chi connectivity index (χ2v) is 8.18. The Kier molecular flexibility index (Phi) is 5.28. The van der Waals surface area contributed by atoms with E-state index in [0.717, 1.165) is 22.4 Å². The Morgan fingerprint density at radius 3 is 2.40 bits per heavy atom. The van der Waals surface area contributed by atoms with Gasteiger partial charge in [-0.2, -0.15) is 0 Å². The Hall–Kier alpha value is -2.86. The lowest BCUT2D eigenvalue weighted by Gasteiger charge is -2.70. The lowest BCUT2D eigenvalue weighted by atomic mass is 9.60. The average Bonchev–Trinajstić information content (AvgIpc) is 2.72. The molecule has 1 N–H and O–H groups in total. The summed E-state index contributed by atoms with van der Waals surface area (Å²) in [5.41, 5.74) is 2.82. The molecule has 6 nitrogen and oxygen atoms in total. The first-order valence-corrected chi connectivity index (χ1v) is 10.4. The lowest BCUT2D eigenvalue weighted by molar-refractivity contribution is -0.202. The summed E-state index contributed by atoms with van der Waals surface area (Å²) in [7, 11) is 1.65. The van der Waals surface area contributed by atoms with E-state index < -0.39 is 5.54 Å². The number of amides is 2. The summed E-state index contributed by atoms with van der Waals surface area (Å²) < 4.78 is 5.32. The van der Waals surface area contributed by atoms with Crippen molar-refractivity contribution in [3.63, 3.8) is 0 Å². The van der Waals surface area contributed by atoms with Crippen LogP contribution in [0.15, 0.2) is 48.5 Å². The van der Waals surface area contributed by atoms with Crippen LogP contribution >= 0.6 is 0 Å². The minimum Gasteiger partial charge on any atom is -0.497 e. The fraction of sp³-hybridized carbons (Fsp3) is 0.417. The molecule has 2 aliphatic rings. The summed E-state index contributed by atoms with van der Waals surface area (Å²) in [4.78, 5) is 28.0. The van der Waals surface area contributed by atoms with Crippen molar-refractivity contribution in [3.8, 4) is 16.9 Å². The number of aliphatic hydroxyl groups is 1. The maximum atomic E-state index is 12.6. The van der Waals surface area contributed by atoms with Crippen LogP contribution in [0.1, 0.15) is 31.7 Å². The molecule has 2 aromatic rings. The van der Waals surface area contributed by atoms with E-state index in [1.54, 1.807) is 18.9 Å². The van der Waals surface area contributed by atoms with Crippen LogP contribution in [-0.4, -0.2) is 65.1 Å². The highest BCUT2D eigenvalue weighted by atomic mass is 16.5. The van der Waals surface area contributed by atoms with E-state index >= 15 is 0 Å². The van der Waals surface area contributed by atoms with Crippen LogP contribution in [0.4, 0.5) is 0 Å². The van der Waals surface area contributed by atoms with Crippen molar-refractivity contribution in [3.05, 3.63) is 54.1 Å². The number of benzene rings is 2. The number of likely N-dealkylation sites (tertiary alicyclic amines) is 2. The fourth-order valence-corrected chi connectivity index (χ4v) is 5.10. The number of rotatable bonds is 5. The van der Waals surface area contributed by atoms with Crippen LogP contribution in [-0.2, 0) is 9.59 Å². The molecule has 2 aliphatic heterocycles. The molecule has 0 aliphatic carbocycles. The number of carbonyl (C=O) groups is 2. The van der Waals surface area contributed by atoms with Gasteiger partial charge in [0.15, 0.2) is 0 Å². The zero-order valence-corrected chi connectivity index (χ0v) is 17.7. The molecule has 2 aromatic carbocycles. The van der Waals surface area contributed by atoms with Gasteiger partial charge in [-0.1, -0.05) is 43.3 Å². The van der Waals surface area contributed by atoms with Crippen LogP contribution < -0.4 is 4.74 Å². The zero-order chi connectivity index (χ0) is 21.5. The zero-order valence-electron chi connectivity index (χ0n) is 17.7. The number of hydrogen-bond acceptors (Lipinski definition) is 4. The molecule has 0 radical (unpaired) electrons.